The third-order valence-corrected chi connectivity index (χ3v) is 5.99. The Morgan fingerprint density at radius 3 is 2.34 bits per heavy atom. The van der Waals surface area contributed by atoms with E-state index in [4.69, 9.17) is 4.74 Å². The van der Waals surface area contributed by atoms with Gasteiger partial charge in [-0.05, 0) is 48.5 Å². The summed E-state index contributed by atoms with van der Waals surface area (Å²) in [6.07, 6.45) is 1.74. The summed E-state index contributed by atoms with van der Waals surface area (Å²) in [6.45, 7) is 2.99. The van der Waals surface area contributed by atoms with Crippen LogP contribution >= 0.6 is 11.8 Å². The van der Waals surface area contributed by atoms with Crippen LogP contribution in [0.15, 0.2) is 82.8 Å². The van der Waals surface area contributed by atoms with Gasteiger partial charge in [-0.3, -0.25) is 4.79 Å². The third-order valence-electron chi connectivity index (χ3n) is 4.96. The highest BCUT2D eigenvalue weighted by atomic mass is 32.2. The Morgan fingerprint density at radius 2 is 1.66 bits per heavy atom. The van der Waals surface area contributed by atoms with Gasteiger partial charge in [0.1, 0.15) is 10.8 Å². The van der Waals surface area contributed by atoms with E-state index in [1.807, 2.05) is 59.5 Å². The molecule has 0 atom stereocenters. The number of carbonyl (C=O) groups excluding carboxylic acids is 1. The molecule has 3 aromatic rings. The van der Waals surface area contributed by atoms with Crippen LogP contribution in [0.5, 0.6) is 5.75 Å². The highest BCUT2D eigenvalue weighted by Gasteiger charge is 2.24. The van der Waals surface area contributed by atoms with Gasteiger partial charge >= 0.3 is 0 Å². The Bertz CT molecular complexity index is 955. The topological polar surface area (TPSA) is 45.7 Å². The van der Waals surface area contributed by atoms with Crippen molar-refractivity contribution in [2.24, 2.45) is 0 Å². The summed E-state index contributed by atoms with van der Waals surface area (Å²) in [5, 5.41) is 0.751. The van der Waals surface area contributed by atoms with E-state index >= 15 is 0 Å². The second-order valence-electron chi connectivity index (χ2n) is 6.75. The number of hydrogen-bond donors (Lipinski definition) is 0. The molecule has 0 radical (unpaired) electrons. The van der Waals surface area contributed by atoms with Gasteiger partial charge in [-0.25, -0.2) is 4.98 Å². The molecule has 29 heavy (non-hydrogen) atoms. The number of benzene rings is 2. The van der Waals surface area contributed by atoms with Crippen molar-refractivity contribution in [1.29, 1.82) is 0 Å². The summed E-state index contributed by atoms with van der Waals surface area (Å²) in [5.74, 6) is 0.897. The van der Waals surface area contributed by atoms with Crippen LogP contribution in [0.25, 0.3) is 0 Å². The Labute approximate surface area is 175 Å². The van der Waals surface area contributed by atoms with Gasteiger partial charge in [0, 0.05) is 43.0 Å². The maximum absolute atomic E-state index is 13.2. The lowest BCUT2D eigenvalue weighted by Gasteiger charge is -2.36. The molecule has 0 bridgehead atoms. The predicted molar refractivity (Wildman–Crippen MR) is 116 cm³/mol. The molecule has 0 aliphatic carbocycles. The molecule has 0 spiro atoms. The van der Waals surface area contributed by atoms with Crippen LogP contribution in [0.4, 0.5) is 5.69 Å². The molecule has 5 nitrogen and oxygen atoms in total. The molecular weight excluding hydrogens is 382 g/mol. The molecule has 0 unspecified atom stereocenters. The first-order valence-electron chi connectivity index (χ1n) is 9.61. The van der Waals surface area contributed by atoms with Crippen molar-refractivity contribution in [3.8, 4) is 5.75 Å². The van der Waals surface area contributed by atoms with Crippen molar-refractivity contribution in [1.82, 2.24) is 9.88 Å². The largest absolute Gasteiger partial charge is 0.497 e. The maximum atomic E-state index is 13.2. The monoisotopic (exact) mass is 405 g/mol. The van der Waals surface area contributed by atoms with E-state index in [0.717, 1.165) is 34.4 Å². The van der Waals surface area contributed by atoms with Crippen molar-refractivity contribution in [3.63, 3.8) is 0 Å². The number of piperazine rings is 1. The van der Waals surface area contributed by atoms with Crippen molar-refractivity contribution in [2.45, 2.75) is 9.92 Å². The Morgan fingerprint density at radius 1 is 0.931 bits per heavy atom. The van der Waals surface area contributed by atoms with Gasteiger partial charge in [0.25, 0.3) is 5.91 Å². The van der Waals surface area contributed by atoms with Crippen molar-refractivity contribution < 1.29 is 9.53 Å². The summed E-state index contributed by atoms with van der Waals surface area (Å²) in [7, 11) is 1.67. The van der Waals surface area contributed by atoms with Gasteiger partial charge in [-0.2, -0.15) is 0 Å². The second-order valence-corrected chi connectivity index (χ2v) is 7.81. The molecule has 1 aliphatic rings. The summed E-state index contributed by atoms with van der Waals surface area (Å²) < 4.78 is 5.23. The van der Waals surface area contributed by atoms with E-state index in [9.17, 15) is 4.79 Å². The lowest BCUT2D eigenvalue weighted by atomic mass is 10.2. The first-order valence-corrected chi connectivity index (χ1v) is 10.4. The molecule has 6 heteroatoms. The van der Waals surface area contributed by atoms with Gasteiger partial charge in [-0.15, -0.1) is 0 Å². The summed E-state index contributed by atoms with van der Waals surface area (Å²) in [4.78, 5) is 22.9. The average Bonchev–Trinajstić information content (AvgIpc) is 2.80. The van der Waals surface area contributed by atoms with Crippen LogP contribution in [-0.4, -0.2) is 49.1 Å². The fourth-order valence-electron chi connectivity index (χ4n) is 3.37. The number of carbonyl (C=O) groups is 1. The quantitative estimate of drug-likeness (QED) is 0.637. The van der Waals surface area contributed by atoms with Gasteiger partial charge in [0.15, 0.2) is 0 Å². The van der Waals surface area contributed by atoms with E-state index in [1.165, 1.54) is 11.8 Å². The lowest BCUT2D eigenvalue weighted by Crippen LogP contribution is -2.48. The lowest BCUT2D eigenvalue weighted by molar-refractivity contribution is 0.0742. The van der Waals surface area contributed by atoms with E-state index in [1.54, 1.807) is 13.3 Å². The van der Waals surface area contributed by atoms with Crippen molar-refractivity contribution in [2.75, 3.05) is 38.2 Å². The highest BCUT2D eigenvalue weighted by Crippen LogP contribution is 2.29. The molecule has 1 aliphatic heterocycles. The number of rotatable bonds is 5. The third kappa shape index (κ3) is 4.54. The van der Waals surface area contributed by atoms with E-state index in [2.05, 4.69) is 22.0 Å². The van der Waals surface area contributed by atoms with Gasteiger partial charge in [-0.1, -0.05) is 30.0 Å². The van der Waals surface area contributed by atoms with Gasteiger partial charge < -0.3 is 14.5 Å². The standard InChI is InChI=1S/C23H23N3O2S/c1-28-19-11-9-18(10-12-19)25-14-16-26(17-15-25)23(27)21-8-5-13-24-22(21)29-20-6-3-2-4-7-20/h2-13H,14-17H2,1H3. The van der Waals surface area contributed by atoms with Crippen LogP contribution in [0.2, 0.25) is 0 Å². The Kier molecular flexibility index (Phi) is 6.00. The summed E-state index contributed by atoms with van der Waals surface area (Å²) in [5.41, 5.74) is 1.82. The number of hydrogen-bond acceptors (Lipinski definition) is 5. The smallest absolute Gasteiger partial charge is 0.256 e. The average molecular weight is 406 g/mol. The number of anilines is 1. The maximum Gasteiger partial charge on any atom is 0.256 e. The molecule has 0 N–H and O–H groups in total. The first-order chi connectivity index (χ1) is 14.2. The van der Waals surface area contributed by atoms with E-state index < -0.39 is 0 Å². The summed E-state index contributed by atoms with van der Waals surface area (Å²) >= 11 is 1.53. The fraction of sp³-hybridized carbons (Fsp3) is 0.217. The zero-order valence-corrected chi connectivity index (χ0v) is 17.1. The van der Waals surface area contributed by atoms with Crippen LogP contribution in [0.1, 0.15) is 10.4 Å². The number of aromatic nitrogens is 1. The van der Waals surface area contributed by atoms with Crippen LogP contribution < -0.4 is 9.64 Å². The molecule has 2 heterocycles. The minimum Gasteiger partial charge on any atom is -0.497 e. The van der Waals surface area contributed by atoms with Crippen molar-refractivity contribution in [3.05, 3.63) is 78.5 Å². The number of amides is 1. The number of pyridine rings is 1. The number of ether oxygens (including phenoxy) is 1. The fourth-order valence-corrected chi connectivity index (χ4v) is 4.26. The molecular formula is C23H23N3O2S. The molecule has 4 rings (SSSR count). The molecule has 1 aromatic heterocycles. The van der Waals surface area contributed by atoms with Crippen LogP contribution in [0, 0.1) is 0 Å². The molecule has 2 aromatic carbocycles. The molecule has 1 amide bonds. The van der Waals surface area contributed by atoms with E-state index in [-0.39, 0.29) is 5.91 Å². The van der Waals surface area contributed by atoms with Crippen molar-refractivity contribution >= 4 is 23.4 Å². The SMILES string of the molecule is COc1ccc(N2CCN(C(=O)c3cccnc3Sc3ccccc3)CC2)cc1. The highest BCUT2D eigenvalue weighted by molar-refractivity contribution is 7.99. The van der Waals surface area contributed by atoms with Crippen LogP contribution in [0.3, 0.4) is 0 Å². The number of nitrogens with zero attached hydrogens (tertiary/aromatic N) is 3. The van der Waals surface area contributed by atoms with Gasteiger partial charge in [0.2, 0.25) is 0 Å². The Balaban J connectivity index is 1.43. The Hall–Kier alpha value is -2.99. The van der Waals surface area contributed by atoms with Gasteiger partial charge in [0.05, 0.1) is 12.7 Å². The molecule has 148 valence electrons. The predicted octanol–water partition coefficient (Wildman–Crippen LogP) is 4.20. The number of methoxy groups -OCH3 is 1. The first kappa shape index (κ1) is 19.3. The van der Waals surface area contributed by atoms with E-state index in [0.29, 0.717) is 18.7 Å². The zero-order valence-electron chi connectivity index (χ0n) is 16.3. The molecule has 1 saturated heterocycles. The second kappa shape index (κ2) is 9.01. The zero-order chi connectivity index (χ0) is 20.1. The molecule has 1 fully saturated rings. The minimum atomic E-state index is 0.0471. The minimum absolute atomic E-state index is 0.0471. The summed E-state index contributed by atoms with van der Waals surface area (Å²) in [6, 6.07) is 21.8. The molecule has 0 saturated carbocycles. The van der Waals surface area contributed by atoms with Crippen LogP contribution in [-0.2, 0) is 0 Å². The normalized spacial score (nSPS) is 14.0.